The first-order valence-electron chi connectivity index (χ1n) is 11.7. The van der Waals surface area contributed by atoms with E-state index in [9.17, 15) is 14.0 Å². The number of rotatable bonds is 8. The largest absolute Gasteiger partial charge is 0.493 e. The van der Waals surface area contributed by atoms with Crippen molar-refractivity contribution in [2.45, 2.75) is 31.5 Å². The second-order valence-electron chi connectivity index (χ2n) is 8.74. The molecule has 5 rings (SSSR count). The van der Waals surface area contributed by atoms with Crippen molar-refractivity contribution in [3.05, 3.63) is 59.2 Å². The fourth-order valence-corrected chi connectivity index (χ4v) is 5.12. The lowest BCUT2D eigenvalue weighted by Crippen LogP contribution is -2.34. The van der Waals surface area contributed by atoms with E-state index in [1.807, 2.05) is 18.2 Å². The zero-order chi connectivity index (χ0) is 25.1. The number of ether oxygens (including phenoxy) is 3. The minimum atomic E-state index is -0.322. The van der Waals surface area contributed by atoms with E-state index in [1.54, 1.807) is 29.5 Å². The van der Waals surface area contributed by atoms with Crippen LogP contribution in [0.15, 0.2) is 47.8 Å². The number of thiazole rings is 1. The number of hydrogen-bond donors (Lipinski definition) is 1. The van der Waals surface area contributed by atoms with Gasteiger partial charge in [-0.3, -0.25) is 9.59 Å². The average molecular weight is 512 g/mol. The molecule has 0 radical (unpaired) electrons. The molecule has 188 valence electrons. The molecule has 2 saturated heterocycles. The summed E-state index contributed by atoms with van der Waals surface area (Å²) in [7, 11) is 1.59. The van der Waals surface area contributed by atoms with Crippen molar-refractivity contribution >= 4 is 28.3 Å². The molecular formula is C26H26FN3O5S. The number of nitrogens with one attached hydrogen (secondary N) is 1. The maximum absolute atomic E-state index is 13.2. The summed E-state index contributed by atoms with van der Waals surface area (Å²) in [5.74, 6) is 0.412. The first-order chi connectivity index (χ1) is 17.5. The molecule has 2 fully saturated rings. The van der Waals surface area contributed by atoms with Gasteiger partial charge in [0.25, 0.3) is 0 Å². The standard InChI is InChI=1S/C26H26FN3O5S/c1-33-21-9-6-17(11-22(21)35-25-3-2-10-34-25)18-12-24(32)30(13-18)14-23(31)29-26-28-20(15-36-26)16-4-7-19(27)8-5-16/h4-9,11,15,18,25H,2-3,10,12-14H2,1H3,(H,28,29,31)/t18-,25?/m1/s1. The van der Waals surface area contributed by atoms with Crippen molar-refractivity contribution in [2.24, 2.45) is 0 Å². The van der Waals surface area contributed by atoms with E-state index in [0.29, 0.717) is 41.9 Å². The van der Waals surface area contributed by atoms with Gasteiger partial charge in [-0.2, -0.15) is 0 Å². The summed E-state index contributed by atoms with van der Waals surface area (Å²) in [6, 6.07) is 11.7. The minimum absolute atomic E-state index is 0.0593. The van der Waals surface area contributed by atoms with Crippen LogP contribution in [0.3, 0.4) is 0 Å². The van der Waals surface area contributed by atoms with E-state index in [4.69, 9.17) is 14.2 Å². The van der Waals surface area contributed by atoms with Gasteiger partial charge in [0.05, 0.1) is 26.0 Å². The highest BCUT2D eigenvalue weighted by Gasteiger charge is 2.32. The summed E-state index contributed by atoms with van der Waals surface area (Å²) in [5, 5.41) is 4.98. The Morgan fingerprint density at radius 3 is 2.83 bits per heavy atom. The zero-order valence-electron chi connectivity index (χ0n) is 19.7. The van der Waals surface area contributed by atoms with Gasteiger partial charge in [0.15, 0.2) is 22.9 Å². The molecule has 0 saturated carbocycles. The normalized spacial score (nSPS) is 19.5. The second-order valence-corrected chi connectivity index (χ2v) is 9.60. The second kappa shape index (κ2) is 10.6. The lowest BCUT2D eigenvalue weighted by Gasteiger charge is -2.19. The Bertz CT molecular complexity index is 1240. The topological polar surface area (TPSA) is 90.0 Å². The predicted octanol–water partition coefficient (Wildman–Crippen LogP) is 4.43. The van der Waals surface area contributed by atoms with Crippen LogP contribution >= 0.6 is 11.3 Å². The summed E-state index contributed by atoms with van der Waals surface area (Å²) in [6.45, 7) is 1.04. The van der Waals surface area contributed by atoms with E-state index in [2.05, 4.69) is 10.3 Å². The fraction of sp³-hybridized carbons (Fsp3) is 0.346. The third-order valence-electron chi connectivity index (χ3n) is 6.24. The Labute approximate surface area is 212 Å². The molecule has 2 aromatic carbocycles. The van der Waals surface area contributed by atoms with Gasteiger partial charge in [0.1, 0.15) is 5.82 Å². The third-order valence-corrected chi connectivity index (χ3v) is 7.00. The molecule has 3 aromatic rings. The van der Waals surface area contributed by atoms with Crippen LogP contribution in [-0.4, -0.2) is 54.8 Å². The molecule has 8 nitrogen and oxygen atoms in total. The van der Waals surface area contributed by atoms with Crippen LogP contribution in [-0.2, 0) is 14.3 Å². The van der Waals surface area contributed by atoms with E-state index in [-0.39, 0.29) is 36.4 Å². The minimum Gasteiger partial charge on any atom is -0.493 e. The van der Waals surface area contributed by atoms with Crippen molar-refractivity contribution < 1.29 is 28.2 Å². The average Bonchev–Trinajstić information content (AvgIpc) is 3.62. The first-order valence-corrected chi connectivity index (χ1v) is 12.6. The summed E-state index contributed by atoms with van der Waals surface area (Å²) >= 11 is 1.27. The molecule has 1 aromatic heterocycles. The summed E-state index contributed by atoms with van der Waals surface area (Å²) < 4.78 is 30.1. The fourth-order valence-electron chi connectivity index (χ4n) is 4.39. The highest BCUT2D eigenvalue weighted by atomic mass is 32.1. The highest BCUT2D eigenvalue weighted by molar-refractivity contribution is 7.14. The number of carbonyl (C=O) groups is 2. The van der Waals surface area contributed by atoms with E-state index in [1.165, 1.54) is 23.5 Å². The van der Waals surface area contributed by atoms with Crippen LogP contribution in [0.2, 0.25) is 0 Å². The number of hydrogen-bond acceptors (Lipinski definition) is 7. The molecule has 1 N–H and O–H groups in total. The van der Waals surface area contributed by atoms with Crippen LogP contribution in [0.25, 0.3) is 11.3 Å². The summed E-state index contributed by atoms with van der Waals surface area (Å²) in [5.41, 5.74) is 2.35. The number of aromatic nitrogens is 1. The number of likely N-dealkylation sites (tertiary alicyclic amines) is 1. The van der Waals surface area contributed by atoms with Crippen molar-refractivity contribution in [1.82, 2.24) is 9.88 Å². The molecule has 0 spiro atoms. The SMILES string of the molecule is COc1ccc([C@@H]2CC(=O)N(CC(=O)Nc3nc(-c4ccc(F)cc4)cs3)C2)cc1OC1CCCO1. The highest BCUT2D eigenvalue weighted by Crippen LogP contribution is 2.36. The van der Waals surface area contributed by atoms with Crippen LogP contribution in [0, 0.1) is 5.82 Å². The number of methoxy groups -OCH3 is 1. The van der Waals surface area contributed by atoms with E-state index >= 15 is 0 Å². The van der Waals surface area contributed by atoms with Crippen LogP contribution in [0.5, 0.6) is 11.5 Å². The van der Waals surface area contributed by atoms with Crippen LogP contribution in [0.1, 0.15) is 30.7 Å². The van der Waals surface area contributed by atoms with Gasteiger partial charge in [-0.25, -0.2) is 9.37 Å². The maximum Gasteiger partial charge on any atom is 0.245 e. The van der Waals surface area contributed by atoms with Gasteiger partial charge >= 0.3 is 0 Å². The maximum atomic E-state index is 13.2. The Morgan fingerprint density at radius 1 is 1.25 bits per heavy atom. The zero-order valence-corrected chi connectivity index (χ0v) is 20.6. The molecule has 10 heteroatoms. The number of anilines is 1. The van der Waals surface area contributed by atoms with Crippen molar-refractivity contribution in [2.75, 3.05) is 32.1 Å². The molecule has 2 aliphatic rings. The molecule has 36 heavy (non-hydrogen) atoms. The van der Waals surface area contributed by atoms with Gasteiger partial charge < -0.3 is 24.4 Å². The van der Waals surface area contributed by atoms with Gasteiger partial charge in [-0.05, 0) is 48.4 Å². The van der Waals surface area contributed by atoms with Crippen molar-refractivity contribution in [3.63, 3.8) is 0 Å². The molecule has 2 aliphatic heterocycles. The number of benzene rings is 2. The Kier molecular flexibility index (Phi) is 7.15. The molecule has 2 atom stereocenters. The molecule has 1 unspecified atom stereocenters. The molecule has 3 heterocycles. The Balaban J connectivity index is 1.20. The number of nitrogens with zero attached hydrogens (tertiary/aromatic N) is 2. The van der Waals surface area contributed by atoms with Crippen molar-refractivity contribution in [3.8, 4) is 22.8 Å². The van der Waals surface area contributed by atoms with Crippen molar-refractivity contribution in [1.29, 1.82) is 0 Å². The first kappa shape index (κ1) is 24.2. The van der Waals surface area contributed by atoms with Gasteiger partial charge in [-0.1, -0.05) is 6.07 Å². The monoisotopic (exact) mass is 511 g/mol. The van der Waals surface area contributed by atoms with Crippen LogP contribution in [0.4, 0.5) is 9.52 Å². The molecule has 2 amide bonds. The smallest absolute Gasteiger partial charge is 0.245 e. The summed E-state index contributed by atoms with van der Waals surface area (Å²) in [6.07, 6.45) is 1.79. The van der Waals surface area contributed by atoms with Gasteiger partial charge in [0, 0.05) is 36.2 Å². The number of amides is 2. The number of halogens is 1. The molecule has 0 bridgehead atoms. The lowest BCUT2D eigenvalue weighted by atomic mass is 9.98. The Hall–Kier alpha value is -3.50. The quantitative estimate of drug-likeness (QED) is 0.481. The molecule has 0 aliphatic carbocycles. The lowest BCUT2D eigenvalue weighted by molar-refractivity contribution is -0.131. The van der Waals surface area contributed by atoms with Crippen LogP contribution < -0.4 is 14.8 Å². The van der Waals surface area contributed by atoms with Gasteiger partial charge in [-0.15, -0.1) is 11.3 Å². The Morgan fingerprint density at radius 2 is 2.08 bits per heavy atom. The summed E-state index contributed by atoms with van der Waals surface area (Å²) in [4.78, 5) is 31.3. The van der Waals surface area contributed by atoms with E-state index < -0.39 is 0 Å². The van der Waals surface area contributed by atoms with E-state index in [0.717, 1.165) is 24.0 Å². The number of carbonyl (C=O) groups excluding carboxylic acids is 2. The predicted molar refractivity (Wildman–Crippen MR) is 133 cm³/mol. The molecular weight excluding hydrogens is 485 g/mol. The van der Waals surface area contributed by atoms with Gasteiger partial charge in [0.2, 0.25) is 11.8 Å². The third kappa shape index (κ3) is 5.50.